The summed E-state index contributed by atoms with van der Waals surface area (Å²) < 4.78 is 10.9. The van der Waals surface area contributed by atoms with Crippen LogP contribution in [0.25, 0.3) is 10.8 Å². The topological polar surface area (TPSA) is 44.5 Å². The van der Waals surface area contributed by atoms with Crippen LogP contribution in [0.3, 0.4) is 0 Å². The number of hydrogen-bond acceptors (Lipinski definition) is 3. The summed E-state index contributed by atoms with van der Waals surface area (Å²) in [5.74, 6) is 1.89. The zero-order valence-corrected chi connectivity index (χ0v) is 12.9. The summed E-state index contributed by atoms with van der Waals surface area (Å²) in [6, 6.07) is 21.1. The number of ether oxygens (including phenoxy) is 2. The molecule has 1 unspecified atom stereocenters. The van der Waals surface area contributed by atoms with E-state index in [0.29, 0.717) is 13.3 Å². The van der Waals surface area contributed by atoms with Crippen molar-refractivity contribution < 1.29 is 9.47 Å². The van der Waals surface area contributed by atoms with Crippen LogP contribution >= 0.6 is 0 Å². The molecule has 1 aliphatic rings. The van der Waals surface area contributed by atoms with Gasteiger partial charge in [0.25, 0.3) is 0 Å². The lowest BCUT2D eigenvalue weighted by Gasteiger charge is -2.17. The maximum atomic E-state index is 6.07. The Morgan fingerprint density at radius 1 is 0.913 bits per heavy atom. The second-order valence-electron chi connectivity index (χ2n) is 5.89. The van der Waals surface area contributed by atoms with E-state index in [4.69, 9.17) is 15.2 Å². The molecule has 3 heteroatoms. The molecule has 3 aromatic carbocycles. The van der Waals surface area contributed by atoms with Crippen molar-refractivity contribution in [2.24, 2.45) is 5.73 Å². The van der Waals surface area contributed by atoms with Gasteiger partial charge in [-0.1, -0.05) is 48.5 Å². The Kier molecular flexibility index (Phi) is 3.64. The Morgan fingerprint density at radius 3 is 2.65 bits per heavy atom. The summed E-state index contributed by atoms with van der Waals surface area (Å²) in [6.07, 6.45) is 0.914. The van der Waals surface area contributed by atoms with Gasteiger partial charge in [0.1, 0.15) is 0 Å². The Bertz CT molecular complexity index is 839. The molecule has 23 heavy (non-hydrogen) atoms. The quantitative estimate of drug-likeness (QED) is 0.796. The highest BCUT2D eigenvalue weighted by atomic mass is 16.7. The largest absolute Gasteiger partial charge is 0.454 e. The van der Waals surface area contributed by atoms with Crippen LogP contribution in [0.1, 0.15) is 17.0 Å². The third-order valence-electron chi connectivity index (χ3n) is 4.50. The first-order valence-electron chi connectivity index (χ1n) is 7.91. The predicted octanol–water partition coefficient (Wildman–Crippen LogP) is 3.85. The van der Waals surface area contributed by atoms with Crippen molar-refractivity contribution in [2.45, 2.75) is 12.3 Å². The monoisotopic (exact) mass is 305 g/mol. The second kappa shape index (κ2) is 5.94. The zero-order chi connectivity index (χ0) is 15.6. The van der Waals surface area contributed by atoms with Gasteiger partial charge in [0.05, 0.1) is 0 Å². The van der Waals surface area contributed by atoms with E-state index in [0.717, 1.165) is 17.9 Å². The van der Waals surface area contributed by atoms with E-state index < -0.39 is 0 Å². The first kappa shape index (κ1) is 14.1. The molecule has 0 aliphatic carbocycles. The Hall–Kier alpha value is -2.52. The highest BCUT2D eigenvalue weighted by Crippen LogP contribution is 2.35. The summed E-state index contributed by atoms with van der Waals surface area (Å²) in [5.41, 5.74) is 8.60. The average molecular weight is 305 g/mol. The first-order valence-corrected chi connectivity index (χ1v) is 7.91. The van der Waals surface area contributed by atoms with Crippen LogP contribution in [0.15, 0.2) is 60.7 Å². The molecule has 1 aliphatic heterocycles. The predicted molar refractivity (Wildman–Crippen MR) is 92.0 cm³/mol. The molecule has 4 rings (SSSR count). The molecule has 0 saturated heterocycles. The van der Waals surface area contributed by atoms with Gasteiger partial charge in [-0.15, -0.1) is 0 Å². The van der Waals surface area contributed by atoms with Crippen molar-refractivity contribution in [1.29, 1.82) is 0 Å². The summed E-state index contributed by atoms with van der Waals surface area (Å²) in [5, 5.41) is 2.57. The summed E-state index contributed by atoms with van der Waals surface area (Å²) >= 11 is 0. The van der Waals surface area contributed by atoms with Gasteiger partial charge in [0, 0.05) is 5.92 Å². The molecule has 0 saturated carbocycles. The maximum absolute atomic E-state index is 6.07. The molecule has 0 radical (unpaired) electrons. The van der Waals surface area contributed by atoms with Gasteiger partial charge in [-0.3, -0.25) is 0 Å². The molecular formula is C20H19NO2. The van der Waals surface area contributed by atoms with Crippen molar-refractivity contribution in [1.82, 2.24) is 0 Å². The lowest BCUT2D eigenvalue weighted by molar-refractivity contribution is 0.174. The Morgan fingerprint density at radius 2 is 1.74 bits per heavy atom. The lowest BCUT2D eigenvalue weighted by Crippen LogP contribution is -2.15. The van der Waals surface area contributed by atoms with Crippen LogP contribution in [0.5, 0.6) is 11.5 Å². The van der Waals surface area contributed by atoms with E-state index in [1.807, 2.05) is 6.07 Å². The minimum atomic E-state index is 0.260. The van der Waals surface area contributed by atoms with Gasteiger partial charge >= 0.3 is 0 Å². The zero-order valence-electron chi connectivity index (χ0n) is 12.9. The second-order valence-corrected chi connectivity index (χ2v) is 5.89. The number of hydrogen-bond donors (Lipinski definition) is 1. The van der Waals surface area contributed by atoms with E-state index in [9.17, 15) is 0 Å². The first-order chi connectivity index (χ1) is 11.3. The molecule has 3 aromatic rings. The third-order valence-corrected chi connectivity index (χ3v) is 4.50. The van der Waals surface area contributed by atoms with E-state index in [-0.39, 0.29) is 5.92 Å². The third kappa shape index (κ3) is 2.64. The highest BCUT2D eigenvalue weighted by molar-refractivity contribution is 5.85. The van der Waals surface area contributed by atoms with E-state index >= 15 is 0 Å². The van der Waals surface area contributed by atoms with Crippen molar-refractivity contribution >= 4 is 10.8 Å². The molecule has 116 valence electrons. The van der Waals surface area contributed by atoms with Crippen LogP contribution in [-0.2, 0) is 6.42 Å². The molecule has 0 aromatic heterocycles. The van der Waals surface area contributed by atoms with Crippen LogP contribution in [0.2, 0.25) is 0 Å². The number of nitrogens with two attached hydrogens (primary N) is 1. The van der Waals surface area contributed by atoms with Gasteiger partial charge in [0.15, 0.2) is 11.5 Å². The number of rotatable bonds is 4. The molecule has 1 atom stereocenters. The molecule has 0 spiro atoms. The fraction of sp³-hybridized carbons (Fsp3) is 0.200. The molecular weight excluding hydrogens is 286 g/mol. The molecule has 0 bridgehead atoms. The van der Waals surface area contributed by atoms with Crippen LogP contribution in [-0.4, -0.2) is 13.3 Å². The van der Waals surface area contributed by atoms with Gasteiger partial charge < -0.3 is 15.2 Å². The van der Waals surface area contributed by atoms with Gasteiger partial charge in [-0.05, 0) is 47.0 Å². The summed E-state index contributed by atoms with van der Waals surface area (Å²) in [6.45, 7) is 0.901. The summed E-state index contributed by atoms with van der Waals surface area (Å²) in [4.78, 5) is 0. The highest BCUT2D eigenvalue weighted by Gasteiger charge is 2.18. The molecule has 2 N–H and O–H groups in total. The maximum Gasteiger partial charge on any atom is 0.231 e. The smallest absolute Gasteiger partial charge is 0.231 e. The molecule has 0 fully saturated rings. The van der Waals surface area contributed by atoms with Crippen molar-refractivity contribution in [3.8, 4) is 11.5 Å². The fourth-order valence-electron chi connectivity index (χ4n) is 3.24. The van der Waals surface area contributed by atoms with Crippen molar-refractivity contribution in [3.05, 3.63) is 71.8 Å². The fourth-order valence-corrected chi connectivity index (χ4v) is 3.24. The van der Waals surface area contributed by atoms with E-state index in [2.05, 4.69) is 54.6 Å². The van der Waals surface area contributed by atoms with E-state index in [1.165, 1.54) is 21.9 Å². The molecule has 0 amide bonds. The SMILES string of the molecule is NCC(Cc1cccc2ccccc12)c1ccc2c(c1)OCO2. The number of benzene rings is 3. The van der Waals surface area contributed by atoms with Gasteiger partial charge in [0.2, 0.25) is 6.79 Å². The minimum Gasteiger partial charge on any atom is -0.454 e. The van der Waals surface area contributed by atoms with Gasteiger partial charge in [-0.2, -0.15) is 0 Å². The van der Waals surface area contributed by atoms with Crippen LogP contribution < -0.4 is 15.2 Å². The molecule has 3 nitrogen and oxygen atoms in total. The standard InChI is InChI=1S/C20H19NO2/c21-12-17(15-8-9-19-20(11-15)23-13-22-19)10-16-6-3-5-14-4-1-2-7-18(14)16/h1-9,11,17H,10,12-13,21H2. The Labute approximate surface area is 135 Å². The van der Waals surface area contributed by atoms with Crippen LogP contribution in [0.4, 0.5) is 0 Å². The normalized spacial score (nSPS) is 14.1. The molecule has 1 heterocycles. The Balaban J connectivity index is 1.68. The van der Waals surface area contributed by atoms with E-state index in [1.54, 1.807) is 0 Å². The van der Waals surface area contributed by atoms with Gasteiger partial charge in [-0.25, -0.2) is 0 Å². The minimum absolute atomic E-state index is 0.260. The van der Waals surface area contributed by atoms with Crippen molar-refractivity contribution in [2.75, 3.05) is 13.3 Å². The lowest BCUT2D eigenvalue weighted by atomic mass is 9.89. The average Bonchev–Trinajstić information content (AvgIpc) is 3.07. The number of fused-ring (bicyclic) bond motifs is 2. The van der Waals surface area contributed by atoms with Crippen molar-refractivity contribution in [3.63, 3.8) is 0 Å². The van der Waals surface area contributed by atoms with Crippen LogP contribution in [0, 0.1) is 0 Å². The summed E-state index contributed by atoms with van der Waals surface area (Å²) in [7, 11) is 0.